The maximum atomic E-state index is 9.03. The smallest absolute Gasteiger partial charge is 0.190 e. The van der Waals surface area contributed by atoms with Gasteiger partial charge in [0.1, 0.15) is 24.1 Å². The summed E-state index contributed by atoms with van der Waals surface area (Å²) in [6.07, 6.45) is 0. The van der Waals surface area contributed by atoms with Crippen molar-refractivity contribution in [1.29, 1.82) is 5.26 Å². The van der Waals surface area contributed by atoms with E-state index in [4.69, 9.17) is 21.6 Å². The van der Waals surface area contributed by atoms with Crippen molar-refractivity contribution < 1.29 is 4.74 Å². The molecule has 0 unspecified atom stereocenters. The summed E-state index contributed by atoms with van der Waals surface area (Å²) in [6.45, 7) is 2.43. The molecule has 23 heavy (non-hydrogen) atoms. The van der Waals surface area contributed by atoms with E-state index in [1.165, 1.54) is 0 Å². The van der Waals surface area contributed by atoms with Crippen molar-refractivity contribution in [2.75, 3.05) is 0 Å². The minimum absolute atomic E-state index is 0.257. The van der Waals surface area contributed by atoms with Gasteiger partial charge in [0, 0.05) is 10.6 Å². The molecule has 0 fully saturated rings. The monoisotopic (exact) mass is 324 g/mol. The van der Waals surface area contributed by atoms with E-state index in [0.717, 1.165) is 16.7 Å². The third-order valence-electron chi connectivity index (χ3n) is 3.47. The van der Waals surface area contributed by atoms with Crippen LogP contribution in [-0.4, -0.2) is 15.4 Å². The van der Waals surface area contributed by atoms with Crippen LogP contribution in [0.3, 0.4) is 0 Å². The van der Waals surface area contributed by atoms with Crippen LogP contribution >= 0.6 is 11.6 Å². The molecule has 0 saturated carbocycles. The minimum Gasteiger partial charge on any atom is -0.489 e. The van der Waals surface area contributed by atoms with Crippen LogP contribution in [0.15, 0.2) is 42.5 Å². The Labute approximate surface area is 138 Å². The molecule has 0 aliphatic rings. The zero-order valence-electron chi connectivity index (χ0n) is 12.4. The van der Waals surface area contributed by atoms with Gasteiger partial charge in [0.25, 0.3) is 0 Å². The Morgan fingerprint density at radius 1 is 1.22 bits per heavy atom. The number of halogens is 1. The molecule has 0 amide bonds. The number of nitrogens with zero attached hydrogens (tertiary/aromatic N) is 3. The van der Waals surface area contributed by atoms with Crippen LogP contribution in [0.4, 0.5) is 0 Å². The van der Waals surface area contributed by atoms with E-state index in [0.29, 0.717) is 23.1 Å². The molecule has 6 heteroatoms. The summed E-state index contributed by atoms with van der Waals surface area (Å²) in [4.78, 5) is 0. The lowest BCUT2D eigenvalue weighted by atomic mass is 10.1. The Kier molecular flexibility index (Phi) is 4.26. The van der Waals surface area contributed by atoms with Gasteiger partial charge in [-0.25, -0.2) is 0 Å². The Morgan fingerprint density at radius 2 is 2.09 bits per heavy atom. The first kappa shape index (κ1) is 15.1. The predicted molar refractivity (Wildman–Crippen MR) is 87.1 cm³/mol. The number of ether oxygens (including phenoxy) is 1. The molecule has 0 radical (unpaired) electrons. The third kappa shape index (κ3) is 3.33. The molecule has 3 aromatic rings. The Balaban J connectivity index is 1.81. The molecule has 0 aliphatic carbocycles. The maximum Gasteiger partial charge on any atom is 0.190 e. The second kappa shape index (κ2) is 6.51. The number of aromatic nitrogens is 3. The first-order valence-corrected chi connectivity index (χ1v) is 7.34. The molecule has 1 aromatic heterocycles. The van der Waals surface area contributed by atoms with Crippen molar-refractivity contribution in [3.63, 3.8) is 0 Å². The quantitative estimate of drug-likeness (QED) is 0.790. The molecule has 114 valence electrons. The normalized spacial score (nSPS) is 10.3. The number of hydrogen-bond donors (Lipinski definition) is 1. The largest absolute Gasteiger partial charge is 0.489 e. The lowest BCUT2D eigenvalue weighted by Gasteiger charge is -2.10. The number of benzene rings is 2. The van der Waals surface area contributed by atoms with Crippen molar-refractivity contribution in [2.45, 2.75) is 13.5 Å². The third-order valence-corrected chi connectivity index (χ3v) is 3.70. The fourth-order valence-electron chi connectivity index (χ4n) is 2.20. The highest BCUT2D eigenvalue weighted by molar-refractivity contribution is 6.30. The summed E-state index contributed by atoms with van der Waals surface area (Å²) in [5.41, 5.74) is 3.69. The molecular formula is C17H13ClN4O. The Morgan fingerprint density at radius 3 is 2.91 bits per heavy atom. The first-order chi connectivity index (χ1) is 11.2. The van der Waals surface area contributed by atoms with Gasteiger partial charge in [-0.2, -0.15) is 15.6 Å². The topological polar surface area (TPSA) is 74.6 Å². The number of nitrogens with one attached hydrogen (secondary N) is 1. The maximum absolute atomic E-state index is 9.03. The summed E-state index contributed by atoms with van der Waals surface area (Å²) in [6, 6.07) is 15.1. The van der Waals surface area contributed by atoms with Gasteiger partial charge in [0.05, 0.1) is 0 Å². The average Bonchev–Trinajstić information content (AvgIpc) is 3.04. The van der Waals surface area contributed by atoms with Crippen molar-refractivity contribution >= 4 is 11.6 Å². The summed E-state index contributed by atoms with van der Waals surface area (Å²) in [7, 11) is 0. The average molecular weight is 325 g/mol. The lowest BCUT2D eigenvalue weighted by Crippen LogP contribution is -1.98. The van der Waals surface area contributed by atoms with Crippen molar-refractivity contribution in [3.05, 3.63) is 64.3 Å². The number of hydrogen-bond acceptors (Lipinski definition) is 4. The number of H-pyrrole nitrogens is 1. The van der Waals surface area contributed by atoms with Crippen molar-refractivity contribution in [3.8, 4) is 23.1 Å². The minimum atomic E-state index is 0.257. The SMILES string of the molecule is Cc1ccc(Cl)cc1COc1cccc(-c2n[nH]nc2C#N)c1. The lowest BCUT2D eigenvalue weighted by molar-refractivity contribution is 0.305. The van der Waals surface area contributed by atoms with E-state index in [-0.39, 0.29) is 5.69 Å². The molecule has 5 nitrogen and oxygen atoms in total. The zero-order chi connectivity index (χ0) is 16.2. The van der Waals surface area contributed by atoms with E-state index in [9.17, 15) is 0 Å². The van der Waals surface area contributed by atoms with E-state index < -0.39 is 0 Å². The Bertz CT molecular complexity index is 882. The highest BCUT2D eigenvalue weighted by Gasteiger charge is 2.10. The van der Waals surface area contributed by atoms with E-state index in [1.54, 1.807) is 0 Å². The number of nitriles is 1. The molecule has 0 saturated heterocycles. The van der Waals surface area contributed by atoms with Gasteiger partial charge in [-0.15, -0.1) is 5.10 Å². The second-order valence-electron chi connectivity index (χ2n) is 5.02. The van der Waals surface area contributed by atoms with E-state index in [1.807, 2.05) is 55.5 Å². The number of aryl methyl sites for hydroxylation is 1. The molecule has 1 N–H and O–H groups in total. The Hall–Kier alpha value is -2.84. The first-order valence-electron chi connectivity index (χ1n) is 6.96. The number of aromatic amines is 1. The van der Waals surface area contributed by atoms with Crippen molar-refractivity contribution in [1.82, 2.24) is 15.4 Å². The fourth-order valence-corrected chi connectivity index (χ4v) is 2.39. The van der Waals surface area contributed by atoms with E-state index in [2.05, 4.69) is 15.4 Å². The summed E-state index contributed by atoms with van der Waals surface area (Å²) in [5, 5.41) is 20.0. The van der Waals surface area contributed by atoms with Gasteiger partial charge in [0.15, 0.2) is 5.69 Å². The van der Waals surface area contributed by atoms with Crippen LogP contribution < -0.4 is 4.74 Å². The molecule has 0 atom stereocenters. The van der Waals surface area contributed by atoms with Crippen LogP contribution in [0.2, 0.25) is 5.02 Å². The highest BCUT2D eigenvalue weighted by atomic mass is 35.5. The van der Waals surface area contributed by atoms with Crippen LogP contribution in [-0.2, 0) is 6.61 Å². The van der Waals surface area contributed by atoms with Gasteiger partial charge in [-0.3, -0.25) is 0 Å². The molecule has 3 rings (SSSR count). The van der Waals surface area contributed by atoms with Gasteiger partial charge in [-0.05, 0) is 42.3 Å². The summed E-state index contributed by atoms with van der Waals surface area (Å²) in [5.74, 6) is 0.689. The number of rotatable bonds is 4. The van der Waals surface area contributed by atoms with Crippen molar-refractivity contribution in [2.24, 2.45) is 0 Å². The van der Waals surface area contributed by atoms with Crippen LogP contribution in [0, 0.1) is 18.3 Å². The molecule has 0 bridgehead atoms. The van der Waals surface area contributed by atoms with Crippen LogP contribution in [0.5, 0.6) is 5.75 Å². The second-order valence-corrected chi connectivity index (χ2v) is 5.46. The molecule has 1 heterocycles. The zero-order valence-corrected chi connectivity index (χ0v) is 13.1. The van der Waals surface area contributed by atoms with Gasteiger partial charge >= 0.3 is 0 Å². The fraction of sp³-hybridized carbons (Fsp3) is 0.118. The molecule has 2 aromatic carbocycles. The van der Waals surface area contributed by atoms with Crippen LogP contribution in [0.1, 0.15) is 16.8 Å². The standard InChI is InChI=1S/C17H13ClN4O/c1-11-5-6-14(18)7-13(11)10-23-15-4-2-3-12(8-15)17-16(9-19)20-22-21-17/h2-8H,10H2,1H3,(H,20,21,22). The van der Waals surface area contributed by atoms with Gasteiger partial charge in [0.2, 0.25) is 0 Å². The highest BCUT2D eigenvalue weighted by Crippen LogP contribution is 2.25. The van der Waals surface area contributed by atoms with Gasteiger partial charge < -0.3 is 4.74 Å². The predicted octanol–water partition coefficient (Wildman–Crippen LogP) is 3.88. The molecule has 0 aliphatic heterocycles. The summed E-state index contributed by atoms with van der Waals surface area (Å²) < 4.78 is 5.84. The van der Waals surface area contributed by atoms with E-state index >= 15 is 0 Å². The summed E-state index contributed by atoms with van der Waals surface area (Å²) >= 11 is 6.02. The molecule has 0 spiro atoms. The van der Waals surface area contributed by atoms with Gasteiger partial charge in [-0.1, -0.05) is 29.8 Å². The van der Waals surface area contributed by atoms with Crippen LogP contribution in [0.25, 0.3) is 11.3 Å². The molecular weight excluding hydrogens is 312 g/mol.